The van der Waals surface area contributed by atoms with E-state index in [1.807, 2.05) is 40.8 Å². The third-order valence-corrected chi connectivity index (χ3v) is 4.06. The van der Waals surface area contributed by atoms with Crippen molar-refractivity contribution in [1.29, 1.82) is 0 Å². The monoisotopic (exact) mass is 275 g/mol. The van der Waals surface area contributed by atoms with Crippen molar-refractivity contribution in [1.82, 2.24) is 14.8 Å². The highest BCUT2D eigenvalue weighted by Crippen LogP contribution is 2.36. The van der Waals surface area contributed by atoms with Gasteiger partial charge in [-0.25, -0.2) is 4.98 Å². The van der Waals surface area contributed by atoms with Crippen molar-refractivity contribution in [3.05, 3.63) is 18.5 Å². The van der Waals surface area contributed by atoms with Gasteiger partial charge in [0.15, 0.2) is 0 Å². The van der Waals surface area contributed by atoms with Gasteiger partial charge in [-0.15, -0.1) is 0 Å². The normalized spacial score (nSPS) is 20.6. The summed E-state index contributed by atoms with van der Waals surface area (Å²) < 4.78 is 19.1. The maximum atomic E-state index is 6.03. The van der Waals surface area contributed by atoms with Crippen molar-refractivity contribution in [2.75, 3.05) is 0 Å². The zero-order valence-corrected chi connectivity index (χ0v) is 12.4. The number of oxazole rings is 1. The average Bonchev–Trinajstić information content (AvgIpc) is 2.98. The minimum atomic E-state index is -0.443. The molecule has 0 aromatic carbocycles. The molecular weight excluding hydrogens is 257 g/mol. The maximum absolute atomic E-state index is 6.03. The summed E-state index contributed by atoms with van der Waals surface area (Å²) in [7, 11) is 1.41. The number of aryl methyl sites for hydroxylation is 1. The minimum absolute atomic E-state index is 0.370. The van der Waals surface area contributed by atoms with Crippen LogP contribution in [0.25, 0.3) is 11.6 Å². The number of rotatable bonds is 2. The van der Waals surface area contributed by atoms with Crippen LogP contribution in [0.15, 0.2) is 22.9 Å². The third kappa shape index (κ3) is 1.97. The number of aromatic nitrogens is 3. The van der Waals surface area contributed by atoms with E-state index in [9.17, 15) is 0 Å². The Kier molecular flexibility index (Phi) is 2.81. The highest BCUT2D eigenvalue weighted by atomic mass is 16.7. The lowest BCUT2D eigenvalue weighted by molar-refractivity contribution is 0.00578. The molecule has 0 bridgehead atoms. The summed E-state index contributed by atoms with van der Waals surface area (Å²) in [5, 5.41) is 4.39. The van der Waals surface area contributed by atoms with Gasteiger partial charge in [-0.2, -0.15) is 5.10 Å². The predicted molar refractivity (Wildman–Crippen MR) is 74.4 cm³/mol. The Morgan fingerprint density at radius 3 is 2.35 bits per heavy atom. The predicted octanol–water partition coefficient (Wildman–Crippen LogP) is 1.37. The van der Waals surface area contributed by atoms with Crippen LogP contribution in [-0.4, -0.2) is 33.1 Å². The standard InChI is InChI=1S/C13H18BN3O3/c1-12(2)13(3,4)20-14(19-12)10-8-9(16-17(10)5)11-15-6-7-18-11/h6-8H,1-5H3. The summed E-state index contributed by atoms with van der Waals surface area (Å²) in [5.41, 5.74) is 0.773. The second-order valence-electron chi connectivity index (χ2n) is 6.00. The summed E-state index contributed by atoms with van der Waals surface area (Å²) >= 11 is 0. The van der Waals surface area contributed by atoms with Gasteiger partial charge < -0.3 is 13.7 Å². The second-order valence-corrected chi connectivity index (χ2v) is 6.00. The van der Waals surface area contributed by atoms with Crippen LogP contribution in [0.1, 0.15) is 27.7 Å². The van der Waals surface area contributed by atoms with Crippen LogP contribution in [0.5, 0.6) is 0 Å². The van der Waals surface area contributed by atoms with E-state index in [2.05, 4.69) is 10.1 Å². The number of hydrogen-bond donors (Lipinski definition) is 0. The van der Waals surface area contributed by atoms with Crippen molar-refractivity contribution in [2.45, 2.75) is 38.9 Å². The van der Waals surface area contributed by atoms with Gasteiger partial charge in [-0.1, -0.05) is 0 Å². The first-order chi connectivity index (χ1) is 9.30. The van der Waals surface area contributed by atoms with E-state index in [4.69, 9.17) is 13.7 Å². The van der Waals surface area contributed by atoms with Gasteiger partial charge >= 0.3 is 7.12 Å². The molecule has 6 nitrogen and oxygen atoms in total. The van der Waals surface area contributed by atoms with Crippen molar-refractivity contribution >= 4 is 12.7 Å². The molecule has 1 aliphatic heterocycles. The number of nitrogens with zero attached hydrogens (tertiary/aromatic N) is 3. The van der Waals surface area contributed by atoms with Crippen LogP contribution in [0, 0.1) is 0 Å². The van der Waals surface area contributed by atoms with Gasteiger partial charge in [-0.3, -0.25) is 4.68 Å². The molecule has 7 heteroatoms. The summed E-state index contributed by atoms with van der Waals surface area (Å²) in [5.74, 6) is 0.489. The van der Waals surface area contributed by atoms with Crippen LogP contribution >= 0.6 is 0 Å². The van der Waals surface area contributed by atoms with Gasteiger partial charge in [0, 0.05) is 7.05 Å². The molecular formula is C13H18BN3O3. The molecule has 0 spiro atoms. The molecule has 0 amide bonds. The van der Waals surface area contributed by atoms with Crippen LogP contribution in [0.3, 0.4) is 0 Å². The fraction of sp³-hybridized carbons (Fsp3) is 0.538. The largest absolute Gasteiger partial charge is 0.514 e. The molecule has 20 heavy (non-hydrogen) atoms. The molecule has 0 aliphatic carbocycles. The lowest BCUT2D eigenvalue weighted by Gasteiger charge is -2.32. The molecule has 2 aromatic rings. The summed E-state index contributed by atoms with van der Waals surface area (Å²) in [6.45, 7) is 8.10. The molecule has 106 valence electrons. The molecule has 0 saturated carbocycles. The summed E-state index contributed by atoms with van der Waals surface area (Å²) in [6, 6.07) is 1.88. The SMILES string of the molecule is Cn1nc(-c2ncco2)cc1B1OC(C)(C)C(C)(C)O1. The Morgan fingerprint density at radius 1 is 1.15 bits per heavy atom. The Bertz CT molecular complexity index is 603. The fourth-order valence-electron chi connectivity index (χ4n) is 2.12. The van der Waals surface area contributed by atoms with E-state index in [1.54, 1.807) is 10.9 Å². The zero-order chi connectivity index (χ0) is 14.5. The van der Waals surface area contributed by atoms with E-state index in [0.29, 0.717) is 11.6 Å². The van der Waals surface area contributed by atoms with E-state index < -0.39 is 7.12 Å². The summed E-state index contributed by atoms with van der Waals surface area (Å²) in [6.07, 6.45) is 3.12. The quantitative estimate of drug-likeness (QED) is 0.775. The van der Waals surface area contributed by atoms with E-state index in [1.165, 1.54) is 6.26 Å². The first-order valence-electron chi connectivity index (χ1n) is 6.60. The first-order valence-corrected chi connectivity index (χ1v) is 6.60. The zero-order valence-electron chi connectivity index (χ0n) is 12.4. The molecule has 0 unspecified atom stereocenters. The lowest BCUT2D eigenvalue weighted by Crippen LogP contribution is -2.41. The molecule has 3 heterocycles. The van der Waals surface area contributed by atoms with Crippen molar-refractivity contribution in [2.24, 2.45) is 7.05 Å². The van der Waals surface area contributed by atoms with Crippen LogP contribution in [0.2, 0.25) is 0 Å². The fourth-order valence-corrected chi connectivity index (χ4v) is 2.12. The average molecular weight is 275 g/mol. The van der Waals surface area contributed by atoms with Crippen LogP contribution in [0.4, 0.5) is 0 Å². The van der Waals surface area contributed by atoms with Gasteiger partial charge in [0.25, 0.3) is 0 Å². The van der Waals surface area contributed by atoms with Gasteiger partial charge in [0.05, 0.1) is 23.0 Å². The Hall–Kier alpha value is -1.60. The van der Waals surface area contributed by atoms with Crippen molar-refractivity contribution in [3.8, 4) is 11.6 Å². The van der Waals surface area contributed by atoms with Gasteiger partial charge in [0.2, 0.25) is 5.89 Å². The van der Waals surface area contributed by atoms with E-state index in [-0.39, 0.29) is 11.2 Å². The lowest BCUT2D eigenvalue weighted by atomic mass is 9.84. The molecule has 0 radical (unpaired) electrons. The van der Waals surface area contributed by atoms with Gasteiger partial charge in [-0.05, 0) is 33.8 Å². The molecule has 3 rings (SSSR count). The Balaban J connectivity index is 1.93. The topological polar surface area (TPSA) is 62.3 Å². The highest BCUT2D eigenvalue weighted by molar-refractivity contribution is 6.61. The second kappa shape index (κ2) is 4.20. The minimum Gasteiger partial charge on any atom is -0.443 e. The Labute approximate surface area is 118 Å². The third-order valence-electron chi connectivity index (χ3n) is 4.06. The smallest absolute Gasteiger partial charge is 0.443 e. The van der Waals surface area contributed by atoms with E-state index >= 15 is 0 Å². The first kappa shape index (κ1) is 13.4. The molecule has 1 aliphatic rings. The molecule has 1 saturated heterocycles. The van der Waals surface area contributed by atoms with Gasteiger partial charge in [0.1, 0.15) is 12.0 Å². The van der Waals surface area contributed by atoms with Crippen LogP contribution in [-0.2, 0) is 16.4 Å². The number of hydrogen-bond acceptors (Lipinski definition) is 5. The summed E-state index contributed by atoms with van der Waals surface area (Å²) in [4.78, 5) is 4.10. The van der Waals surface area contributed by atoms with Crippen molar-refractivity contribution in [3.63, 3.8) is 0 Å². The maximum Gasteiger partial charge on any atom is 0.514 e. The molecule has 0 atom stereocenters. The highest BCUT2D eigenvalue weighted by Gasteiger charge is 2.52. The molecule has 2 aromatic heterocycles. The molecule has 1 fully saturated rings. The Morgan fingerprint density at radius 2 is 1.80 bits per heavy atom. The molecule has 0 N–H and O–H groups in total. The van der Waals surface area contributed by atoms with Crippen LogP contribution < -0.4 is 5.59 Å². The van der Waals surface area contributed by atoms with E-state index in [0.717, 1.165) is 5.59 Å². The van der Waals surface area contributed by atoms with Crippen molar-refractivity contribution < 1.29 is 13.7 Å².